The minimum absolute atomic E-state index is 0.193. The van der Waals surface area contributed by atoms with Crippen molar-refractivity contribution in [2.75, 3.05) is 25.4 Å². The molecule has 0 aliphatic carbocycles. The second-order valence-corrected chi connectivity index (χ2v) is 9.33. The summed E-state index contributed by atoms with van der Waals surface area (Å²) in [6, 6.07) is 14.2. The number of nitrogen functional groups attached to an aromatic ring is 1. The van der Waals surface area contributed by atoms with Gasteiger partial charge in [-0.15, -0.1) is 0 Å². The summed E-state index contributed by atoms with van der Waals surface area (Å²) in [6.45, 7) is 5.01. The summed E-state index contributed by atoms with van der Waals surface area (Å²) < 4.78 is 47.0. The van der Waals surface area contributed by atoms with Crippen LogP contribution in [0.15, 0.2) is 59.5 Å². The van der Waals surface area contributed by atoms with Crippen molar-refractivity contribution in [3.05, 3.63) is 60.6 Å². The zero-order valence-electron chi connectivity index (χ0n) is 23.5. The molecule has 228 valence electrons. The number of ether oxygens (including phenoxy) is 1. The third kappa shape index (κ3) is 7.48. The molecule has 0 radical (unpaired) electrons. The Kier molecular flexibility index (Phi) is 9.98. The molecule has 15 heteroatoms. The number of rotatable bonds is 11. The molecule has 12 nitrogen and oxygen atoms in total. The van der Waals surface area contributed by atoms with Gasteiger partial charge in [0.25, 0.3) is 0 Å². The van der Waals surface area contributed by atoms with Crippen LogP contribution in [0.5, 0.6) is 5.75 Å². The fourth-order valence-corrected chi connectivity index (χ4v) is 4.34. The summed E-state index contributed by atoms with van der Waals surface area (Å²) in [7, 11) is 2.07. The number of carbonyl (C=O) groups is 1. The molecule has 4 aromatic heterocycles. The molecule has 0 fully saturated rings. The second-order valence-electron chi connectivity index (χ2n) is 9.33. The monoisotopic (exact) mass is 600 g/mol. The minimum Gasteiger partial charge on any atom is -0.490 e. The van der Waals surface area contributed by atoms with E-state index in [1.54, 1.807) is 6.20 Å². The van der Waals surface area contributed by atoms with Crippen LogP contribution in [0.25, 0.3) is 33.8 Å². The standard InChI is InChI=1S/C26H30N8O2.C2HF3O2/c1-3-34-24-20(35-16-8-13-28-14-12-19-11-7-15-33(19)2)17-29-21(18-9-5-4-6-10-18)22(24)30-26(34)23-25(27)32-36-31-23;3-2(4,5)1(6)7/h4-7,9-11,15,17,28H,3,8,12-14,16H2,1-2H3,(H2,27,32);(H,6,7). The van der Waals surface area contributed by atoms with E-state index in [0.29, 0.717) is 30.4 Å². The van der Waals surface area contributed by atoms with Crippen molar-refractivity contribution in [1.82, 2.24) is 34.7 Å². The number of nitrogens with two attached hydrogens (primary N) is 1. The molecule has 0 aliphatic rings. The van der Waals surface area contributed by atoms with Gasteiger partial charge < -0.3 is 30.0 Å². The Balaban J connectivity index is 0.000000541. The van der Waals surface area contributed by atoms with Gasteiger partial charge in [0, 0.05) is 44.0 Å². The number of pyridine rings is 1. The van der Waals surface area contributed by atoms with E-state index in [4.69, 9.17) is 35.0 Å². The second kappa shape index (κ2) is 13.8. The van der Waals surface area contributed by atoms with Crippen molar-refractivity contribution < 1.29 is 32.4 Å². The van der Waals surface area contributed by atoms with E-state index in [2.05, 4.69) is 45.6 Å². The molecule has 0 aliphatic heterocycles. The van der Waals surface area contributed by atoms with Crippen LogP contribution in [-0.4, -0.2) is 66.4 Å². The first-order chi connectivity index (χ1) is 20.6. The Bertz CT molecular complexity index is 1650. The lowest BCUT2D eigenvalue weighted by Gasteiger charge is -2.12. The summed E-state index contributed by atoms with van der Waals surface area (Å²) in [6.07, 6.45) is 0.618. The van der Waals surface area contributed by atoms with Gasteiger partial charge in [-0.1, -0.05) is 30.3 Å². The third-order valence-electron chi connectivity index (χ3n) is 6.43. The molecule has 4 N–H and O–H groups in total. The highest BCUT2D eigenvalue weighted by molar-refractivity contribution is 5.95. The highest BCUT2D eigenvalue weighted by Crippen LogP contribution is 2.36. The largest absolute Gasteiger partial charge is 0.490 e. The maximum absolute atomic E-state index is 10.6. The summed E-state index contributed by atoms with van der Waals surface area (Å²) in [4.78, 5) is 18.5. The molecule has 0 saturated carbocycles. The number of aryl methyl sites for hydroxylation is 2. The number of hydrogen-bond acceptors (Lipinski definition) is 9. The first kappa shape index (κ1) is 31.0. The molecule has 1 aromatic carbocycles. The number of anilines is 1. The summed E-state index contributed by atoms with van der Waals surface area (Å²) >= 11 is 0. The summed E-state index contributed by atoms with van der Waals surface area (Å²) in [5.41, 5.74) is 11.0. The number of carboxylic acid groups (broad SMARTS) is 1. The van der Waals surface area contributed by atoms with Gasteiger partial charge in [-0.05, 0) is 42.3 Å². The van der Waals surface area contributed by atoms with Crippen molar-refractivity contribution >= 4 is 22.8 Å². The van der Waals surface area contributed by atoms with E-state index < -0.39 is 12.1 Å². The van der Waals surface area contributed by atoms with Crippen LogP contribution in [0, 0.1) is 0 Å². The average molecular weight is 601 g/mol. The predicted molar refractivity (Wildman–Crippen MR) is 152 cm³/mol. The van der Waals surface area contributed by atoms with E-state index in [1.807, 2.05) is 41.8 Å². The SMILES string of the molecule is CCn1c(-c2nonc2N)nc2c(-c3ccccc3)ncc(OCCCNCCc3cccn3C)c21.O=C(O)C(F)(F)F. The minimum atomic E-state index is -5.08. The number of nitrogens with one attached hydrogen (secondary N) is 1. The Morgan fingerprint density at radius 1 is 1.12 bits per heavy atom. The molecule has 0 bridgehead atoms. The average Bonchev–Trinajstić information content (AvgIpc) is 3.70. The lowest BCUT2D eigenvalue weighted by Crippen LogP contribution is -2.21. The van der Waals surface area contributed by atoms with Crippen LogP contribution in [0.2, 0.25) is 0 Å². The number of aliphatic carboxylic acids is 1. The van der Waals surface area contributed by atoms with E-state index >= 15 is 0 Å². The van der Waals surface area contributed by atoms with Gasteiger partial charge in [-0.25, -0.2) is 19.4 Å². The molecule has 0 atom stereocenters. The Hall–Kier alpha value is -4.92. The maximum atomic E-state index is 10.6. The molecule has 5 aromatic rings. The van der Waals surface area contributed by atoms with E-state index in [-0.39, 0.29) is 5.82 Å². The van der Waals surface area contributed by atoms with Crippen LogP contribution in [0.1, 0.15) is 19.0 Å². The van der Waals surface area contributed by atoms with Crippen molar-refractivity contribution in [1.29, 1.82) is 0 Å². The van der Waals surface area contributed by atoms with E-state index in [1.165, 1.54) is 5.69 Å². The number of nitrogens with zero attached hydrogens (tertiary/aromatic N) is 6. The van der Waals surface area contributed by atoms with E-state index in [0.717, 1.165) is 48.2 Å². The molecule has 5 rings (SSSR count). The van der Waals surface area contributed by atoms with Crippen molar-refractivity contribution in [2.45, 2.75) is 32.5 Å². The highest BCUT2D eigenvalue weighted by Gasteiger charge is 2.38. The number of carboxylic acids is 1. The van der Waals surface area contributed by atoms with Crippen molar-refractivity contribution in [3.8, 4) is 28.5 Å². The van der Waals surface area contributed by atoms with Crippen LogP contribution in [-0.2, 0) is 24.8 Å². The van der Waals surface area contributed by atoms with Crippen molar-refractivity contribution in [2.24, 2.45) is 7.05 Å². The third-order valence-corrected chi connectivity index (χ3v) is 6.43. The van der Waals surface area contributed by atoms with Crippen molar-refractivity contribution in [3.63, 3.8) is 0 Å². The number of imidazole rings is 1. The van der Waals surface area contributed by atoms with Gasteiger partial charge in [0.2, 0.25) is 0 Å². The molecule has 0 unspecified atom stereocenters. The Morgan fingerprint density at radius 2 is 1.86 bits per heavy atom. The first-order valence-electron chi connectivity index (χ1n) is 13.4. The highest BCUT2D eigenvalue weighted by atomic mass is 19.4. The number of hydrogen-bond donors (Lipinski definition) is 3. The number of alkyl halides is 3. The van der Waals surface area contributed by atoms with E-state index in [9.17, 15) is 13.2 Å². The van der Waals surface area contributed by atoms with Gasteiger partial charge in [-0.2, -0.15) is 13.2 Å². The molecule has 0 saturated heterocycles. The fourth-order valence-electron chi connectivity index (χ4n) is 4.34. The van der Waals surface area contributed by atoms with Crippen LogP contribution < -0.4 is 15.8 Å². The Labute approximate surface area is 244 Å². The fraction of sp³-hybridized carbons (Fsp3) is 0.321. The molecule has 43 heavy (non-hydrogen) atoms. The van der Waals surface area contributed by atoms with Gasteiger partial charge >= 0.3 is 12.1 Å². The smallest absolute Gasteiger partial charge is 0.490 e. The zero-order valence-corrected chi connectivity index (χ0v) is 23.5. The topological polar surface area (TPSA) is 159 Å². The van der Waals surface area contributed by atoms with Crippen LogP contribution >= 0.6 is 0 Å². The quantitative estimate of drug-likeness (QED) is 0.186. The Morgan fingerprint density at radius 3 is 2.47 bits per heavy atom. The number of benzene rings is 1. The van der Waals surface area contributed by atoms with Gasteiger partial charge in [0.05, 0.1) is 18.5 Å². The number of fused-ring (bicyclic) bond motifs is 1. The lowest BCUT2D eigenvalue weighted by molar-refractivity contribution is -0.192. The molecule has 4 heterocycles. The maximum Gasteiger partial charge on any atom is 0.490 e. The number of aromatic nitrogens is 6. The first-order valence-corrected chi connectivity index (χ1v) is 13.4. The molecule has 0 spiro atoms. The number of halogens is 3. The molecule has 0 amide bonds. The zero-order chi connectivity index (χ0) is 31.0. The van der Waals surface area contributed by atoms with Gasteiger partial charge in [0.1, 0.15) is 11.0 Å². The summed E-state index contributed by atoms with van der Waals surface area (Å²) in [5.74, 6) is -1.32. The molecular weight excluding hydrogens is 569 g/mol. The normalized spacial score (nSPS) is 11.4. The van der Waals surface area contributed by atoms with Crippen LogP contribution in [0.4, 0.5) is 19.0 Å². The van der Waals surface area contributed by atoms with Gasteiger partial charge in [0.15, 0.2) is 23.1 Å². The molecular formula is C28H31F3N8O4. The van der Waals surface area contributed by atoms with Crippen LogP contribution in [0.3, 0.4) is 0 Å². The summed E-state index contributed by atoms with van der Waals surface area (Å²) in [5, 5.41) is 18.3. The van der Waals surface area contributed by atoms with Gasteiger partial charge in [-0.3, -0.25) is 0 Å². The predicted octanol–water partition coefficient (Wildman–Crippen LogP) is 4.32. The lowest BCUT2D eigenvalue weighted by atomic mass is 10.1.